The Bertz CT molecular complexity index is 1150. The molecule has 5 heterocycles. The number of likely N-dealkylation sites (tertiary alicyclic amines) is 2. The van der Waals surface area contributed by atoms with Crippen LogP contribution in [0.4, 0.5) is 10.7 Å². The number of hydrogen-bond acceptors (Lipinski definition) is 9. The molecular weight excluding hydrogens is 510 g/mol. The van der Waals surface area contributed by atoms with Crippen LogP contribution in [-0.2, 0) is 9.53 Å². The summed E-state index contributed by atoms with van der Waals surface area (Å²) in [5.74, 6) is 1.74. The normalized spacial score (nSPS) is 23.0. The molecule has 3 atom stereocenters. The third-order valence-electron chi connectivity index (χ3n) is 8.19. The molecule has 2 aromatic rings. The summed E-state index contributed by atoms with van der Waals surface area (Å²) in [5.41, 5.74) is 8.18. The summed E-state index contributed by atoms with van der Waals surface area (Å²) < 4.78 is 11.5. The smallest absolute Gasteiger partial charge is 0.410 e. The molecule has 2 N–H and O–H groups in total. The van der Waals surface area contributed by atoms with E-state index in [4.69, 9.17) is 15.2 Å². The summed E-state index contributed by atoms with van der Waals surface area (Å²) in [6.07, 6.45) is 9.35. The highest BCUT2D eigenvalue weighted by molar-refractivity contribution is 5.77. The maximum Gasteiger partial charge on any atom is 0.410 e. The first-order valence-electron chi connectivity index (χ1n) is 14.5. The third-order valence-corrected chi connectivity index (χ3v) is 8.19. The Hall–Kier alpha value is -3.47. The zero-order chi connectivity index (χ0) is 28.2. The van der Waals surface area contributed by atoms with Crippen molar-refractivity contribution in [2.24, 2.45) is 11.7 Å². The zero-order valence-electron chi connectivity index (χ0n) is 23.7. The summed E-state index contributed by atoms with van der Waals surface area (Å²) in [6.45, 7) is 9.19. The van der Waals surface area contributed by atoms with Crippen LogP contribution in [0.15, 0.2) is 30.7 Å². The number of carbonyl (C=O) groups is 2. The van der Waals surface area contributed by atoms with Gasteiger partial charge in [0.1, 0.15) is 6.10 Å². The lowest BCUT2D eigenvalue weighted by Gasteiger charge is -2.34. The SMILES string of the molecule is CC(C)OC(=O)N1CCC([C@H](C)Oc2ccc(-c3cnc(N4CC(N5CCCCC5=O)[C@@H](N)C4)nc3)cn2)CC1. The van der Waals surface area contributed by atoms with E-state index in [-0.39, 0.29) is 36.3 Å². The van der Waals surface area contributed by atoms with Crippen molar-refractivity contribution in [1.82, 2.24) is 24.8 Å². The predicted octanol–water partition coefficient (Wildman–Crippen LogP) is 3.09. The Balaban J connectivity index is 1.13. The average Bonchev–Trinajstić information content (AvgIpc) is 3.34. The van der Waals surface area contributed by atoms with Crippen molar-refractivity contribution in [2.75, 3.05) is 37.6 Å². The van der Waals surface area contributed by atoms with Gasteiger partial charge in [-0.1, -0.05) is 0 Å². The Morgan fingerprint density at radius 3 is 2.35 bits per heavy atom. The molecule has 3 aliphatic rings. The first kappa shape index (κ1) is 28.1. The maximum absolute atomic E-state index is 12.4. The van der Waals surface area contributed by atoms with E-state index >= 15 is 0 Å². The van der Waals surface area contributed by atoms with Crippen LogP contribution in [0.25, 0.3) is 11.1 Å². The van der Waals surface area contributed by atoms with Gasteiger partial charge in [0.25, 0.3) is 0 Å². The molecule has 0 aliphatic carbocycles. The lowest BCUT2D eigenvalue weighted by molar-refractivity contribution is -0.135. The summed E-state index contributed by atoms with van der Waals surface area (Å²) >= 11 is 0. The molecule has 3 aliphatic heterocycles. The van der Waals surface area contributed by atoms with Crippen LogP contribution in [0.5, 0.6) is 5.88 Å². The van der Waals surface area contributed by atoms with Gasteiger partial charge in [-0.05, 0) is 58.4 Å². The highest BCUT2D eigenvalue weighted by Gasteiger charge is 2.38. The number of pyridine rings is 1. The first-order chi connectivity index (χ1) is 19.3. The van der Waals surface area contributed by atoms with Crippen LogP contribution < -0.4 is 15.4 Å². The van der Waals surface area contributed by atoms with E-state index in [9.17, 15) is 9.59 Å². The lowest BCUT2D eigenvalue weighted by Crippen LogP contribution is -2.51. The number of carbonyl (C=O) groups excluding carboxylic acids is 2. The largest absolute Gasteiger partial charge is 0.474 e. The second-order valence-electron chi connectivity index (χ2n) is 11.4. The number of piperidine rings is 2. The summed E-state index contributed by atoms with van der Waals surface area (Å²) in [6, 6.07) is 3.72. The molecule has 2 aromatic heterocycles. The van der Waals surface area contributed by atoms with Gasteiger partial charge in [-0.2, -0.15) is 0 Å². The molecule has 11 nitrogen and oxygen atoms in total. The van der Waals surface area contributed by atoms with E-state index in [1.165, 1.54) is 0 Å². The third kappa shape index (κ3) is 6.46. The fraction of sp³-hybridized carbons (Fsp3) is 0.621. The van der Waals surface area contributed by atoms with Crippen molar-refractivity contribution in [2.45, 2.75) is 77.2 Å². The van der Waals surface area contributed by atoms with E-state index < -0.39 is 0 Å². The molecule has 1 unspecified atom stereocenters. The average molecular weight is 552 g/mol. The van der Waals surface area contributed by atoms with Crippen LogP contribution in [-0.4, -0.2) is 93.8 Å². The first-order valence-corrected chi connectivity index (χ1v) is 14.5. The molecule has 0 radical (unpaired) electrons. The lowest BCUT2D eigenvalue weighted by atomic mass is 9.92. The van der Waals surface area contributed by atoms with Gasteiger partial charge in [-0.3, -0.25) is 4.79 Å². The van der Waals surface area contributed by atoms with Gasteiger partial charge in [0, 0.05) is 81.0 Å². The standard InChI is InChI=1S/C29H41N7O4/c1-19(2)39-29(38)34-12-9-21(10-13-34)20(3)40-26-8-7-22(14-31-26)23-15-32-28(33-16-23)35-17-24(30)25(18-35)36-11-5-4-6-27(36)37/h7-8,14-16,19-21,24-25H,4-6,9-13,17-18,30H2,1-3H3/t20-,24-,25?/m0/s1. The second kappa shape index (κ2) is 12.4. The molecule has 0 aromatic carbocycles. The number of hydrogen-bond donors (Lipinski definition) is 1. The van der Waals surface area contributed by atoms with Crippen molar-refractivity contribution in [3.8, 4) is 17.0 Å². The summed E-state index contributed by atoms with van der Waals surface area (Å²) in [7, 11) is 0. The van der Waals surface area contributed by atoms with Gasteiger partial charge in [-0.15, -0.1) is 0 Å². The van der Waals surface area contributed by atoms with Crippen LogP contribution in [0.3, 0.4) is 0 Å². The highest BCUT2D eigenvalue weighted by atomic mass is 16.6. The molecular formula is C29H41N7O4. The topological polar surface area (TPSA) is 127 Å². The molecule has 0 spiro atoms. The number of anilines is 1. The van der Waals surface area contributed by atoms with Crippen molar-refractivity contribution < 1.29 is 19.1 Å². The molecule has 0 bridgehead atoms. The van der Waals surface area contributed by atoms with Gasteiger partial charge in [-0.25, -0.2) is 19.7 Å². The Morgan fingerprint density at radius 2 is 1.70 bits per heavy atom. The zero-order valence-corrected chi connectivity index (χ0v) is 23.7. The van der Waals surface area contributed by atoms with Crippen LogP contribution in [0.2, 0.25) is 0 Å². The fourth-order valence-corrected chi connectivity index (χ4v) is 5.85. The summed E-state index contributed by atoms with van der Waals surface area (Å²) in [4.78, 5) is 44.0. The molecule has 5 rings (SSSR count). The molecule has 2 amide bonds. The minimum Gasteiger partial charge on any atom is -0.474 e. The van der Waals surface area contributed by atoms with E-state index in [1.54, 1.807) is 23.5 Å². The van der Waals surface area contributed by atoms with Crippen molar-refractivity contribution in [3.63, 3.8) is 0 Å². The van der Waals surface area contributed by atoms with Gasteiger partial charge in [0.15, 0.2) is 0 Å². The van der Waals surface area contributed by atoms with Crippen molar-refractivity contribution in [3.05, 3.63) is 30.7 Å². The molecule has 11 heteroatoms. The number of ether oxygens (including phenoxy) is 2. The van der Waals surface area contributed by atoms with Gasteiger partial charge < -0.3 is 29.9 Å². The van der Waals surface area contributed by atoms with Crippen molar-refractivity contribution in [1.29, 1.82) is 0 Å². The molecule has 216 valence electrons. The van der Waals surface area contributed by atoms with E-state index in [1.807, 2.05) is 30.9 Å². The van der Waals surface area contributed by atoms with E-state index in [0.29, 0.717) is 50.3 Å². The van der Waals surface area contributed by atoms with Gasteiger partial charge >= 0.3 is 6.09 Å². The quantitative estimate of drug-likeness (QED) is 0.552. The fourth-order valence-electron chi connectivity index (χ4n) is 5.85. The number of aromatic nitrogens is 3. The molecule has 3 saturated heterocycles. The Kier molecular flexibility index (Phi) is 8.68. The maximum atomic E-state index is 12.4. The number of rotatable bonds is 7. The minimum absolute atomic E-state index is 0.00384. The van der Waals surface area contributed by atoms with E-state index in [2.05, 4.69) is 26.8 Å². The number of nitrogens with two attached hydrogens (primary N) is 1. The predicted molar refractivity (Wildman–Crippen MR) is 151 cm³/mol. The monoisotopic (exact) mass is 551 g/mol. The molecule has 3 fully saturated rings. The van der Waals surface area contributed by atoms with Crippen molar-refractivity contribution >= 4 is 17.9 Å². The molecule has 40 heavy (non-hydrogen) atoms. The van der Waals surface area contributed by atoms with Gasteiger partial charge in [0.2, 0.25) is 17.7 Å². The Morgan fingerprint density at radius 1 is 0.975 bits per heavy atom. The van der Waals surface area contributed by atoms with E-state index in [0.717, 1.165) is 43.4 Å². The molecule has 0 saturated carbocycles. The number of amides is 2. The van der Waals surface area contributed by atoms with Gasteiger partial charge in [0.05, 0.1) is 12.1 Å². The van der Waals surface area contributed by atoms with Crippen LogP contribution >= 0.6 is 0 Å². The highest BCUT2D eigenvalue weighted by Crippen LogP contribution is 2.27. The summed E-state index contributed by atoms with van der Waals surface area (Å²) in [5, 5.41) is 0. The van der Waals surface area contributed by atoms with Crippen LogP contribution in [0.1, 0.15) is 52.9 Å². The second-order valence-corrected chi connectivity index (χ2v) is 11.4. The number of nitrogens with zero attached hydrogens (tertiary/aromatic N) is 6. The van der Waals surface area contributed by atoms with Crippen LogP contribution in [0, 0.1) is 5.92 Å². The Labute approximate surface area is 236 Å². The minimum atomic E-state index is -0.238.